The van der Waals surface area contributed by atoms with Crippen molar-refractivity contribution >= 4 is 17.2 Å². The normalized spacial score (nSPS) is 12.5. The number of nitrogens with zero attached hydrogens (tertiary/aromatic N) is 2. The monoisotopic (exact) mass is 361 g/mol. The number of methoxy groups -OCH3 is 1. The predicted molar refractivity (Wildman–Crippen MR) is 103 cm³/mol. The van der Waals surface area contributed by atoms with Crippen LogP contribution >= 0.6 is 11.3 Å². The van der Waals surface area contributed by atoms with Crippen LogP contribution in [0.2, 0.25) is 0 Å². The first kappa shape index (κ1) is 19.4. The molecule has 1 N–H and O–H groups in total. The van der Waals surface area contributed by atoms with Crippen LogP contribution in [0.5, 0.6) is 5.75 Å². The first-order valence-corrected chi connectivity index (χ1v) is 9.21. The standard InChI is InChI=1S/C19H27N3O2S/c1-12(2)19-21-13(3)17(25-19)18(23)20-11-15(22(4)5)14-9-7-8-10-16(14)24-6/h7-10,12,15H,11H2,1-6H3,(H,20,23). The summed E-state index contributed by atoms with van der Waals surface area (Å²) in [6, 6.07) is 7.93. The molecule has 0 radical (unpaired) electrons. The lowest BCUT2D eigenvalue weighted by atomic mass is 10.0. The van der Waals surface area contributed by atoms with Gasteiger partial charge in [0.05, 0.1) is 23.9 Å². The lowest BCUT2D eigenvalue weighted by Gasteiger charge is -2.26. The number of amides is 1. The van der Waals surface area contributed by atoms with E-state index < -0.39 is 0 Å². The van der Waals surface area contributed by atoms with Crippen LogP contribution in [0.25, 0.3) is 0 Å². The molecule has 1 heterocycles. The van der Waals surface area contributed by atoms with E-state index in [9.17, 15) is 4.79 Å². The average molecular weight is 362 g/mol. The third-order valence-corrected chi connectivity index (χ3v) is 5.55. The number of likely N-dealkylation sites (N-methyl/N-ethyl adjacent to an activating group) is 1. The van der Waals surface area contributed by atoms with Gasteiger partial charge in [-0.05, 0) is 27.1 Å². The van der Waals surface area contributed by atoms with Crippen molar-refractivity contribution in [3.05, 3.63) is 45.4 Å². The minimum Gasteiger partial charge on any atom is -0.496 e. The predicted octanol–water partition coefficient (Wildman–Crippen LogP) is 3.62. The molecule has 5 nitrogen and oxygen atoms in total. The number of carbonyl (C=O) groups is 1. The van der Waals surface area contributed by atoms with E-state index >= 15 is 0 Å². The summed E-state index contributed by atoms with van der Waals surface area (Å²) in [4.78, 5) is 19.9. The van der Waals surface area contributed by atoms with Gasteiger partial charge in [0.2, 0.25) is 0 Å². The van der Waals surface area contributed by atoms with Crippen LogP contribution in [0, 0.1) is 6.92 Å². The van der Waals surface area contributed by atoms with E-state index in [4.69, 9.17) is 4.74 Å². The highest BCUT2D eigenvalue weighted by Gasteiger charge is 2.21. The van der Waals surface area contributed by atoms with Crippen LogP contribution in [0.15, 0.2) is 24.3 Å². The molecule has 0 bridgehead atoms. The van der Waals surface area contributed by atoms with Crippen molar-refractivity contribution in [1.29, 1.82) is 0 Å². The van der Waals surface area contributed by atoms with E-state index in [0.29, 0.717) is 17.3 Å². The SMILES string of the molecule is COc1ccccc1C(CNC(=O)c1sc(C(C)C)nc1C)N(C)C. The van der Waals surface area contributed by atoms with Gasteiger partial charge >= 0.3 is 0 Å². The molecule has 0 saturated heterocycles. The summed E-state index contributed by atoms with van der Waals surface area (Å²) >= 11 is 1.48. The van der Waals surface area contributed by atoms with Crippen LogP contribution in [-0.2, 0) is 0 Å². The lowest BCUT2D eigenvalue weighted by molar-refractivity contribution is 0.0944. The van der Waals surface area contributed by atoms with Crippen LogP contribution in [0.3, 0.4) is 0 Å². The number of hydrogen-bond acceptors (Lipinski definition) is 5. The van der Waals surface area contributed by atoms with E-state index in [2.05, 4.69) is 29.0 Å². The number of benzene rings is 1. The maximum absolute atomic E-state index is 12.6. The molecule has 1 aromatic heterocycles. The Kier molecular flexibility index (Phi) is 6.56. The first-order chi connectivity index (χ1) is 11.8. The van der Waals surface area contributed by atoms with Gasteiger partial charge in [-0.2, -0.15) is 0 Å². The summed E-state index contributed by atoms with van der Waals surface area (Å²) in [6.07, 6.45) is 0. The van der Waals surface area contributed by atoms with Gasteiger partial charge in [0.1, 0.15) is 10.6 Å². The number of rotatable bonds is 7. The van der Waals surface area contributed by atoms with E-state index in [1.807, 2.05) is 45.3 Å². The Balaban J connectivity index is 2.15. The largest absolute Gasteiger partial charge is 0.496 e. The van der Waals surface area contributed by atoms with Crippen molar-refractivity contribution in [2.45, 2.75) is 32.7 Å². The molecule has 2 rings (SSSR count). The smallest absolute Gasteiger partial charge is 0.263 e. The Morgan fingerprint density at radius 3 is 2.56 bits per heavy atom. The second-order valence-electron chi connectivity index (χ2n) is 6.55. The molecule has 0 fully saturated rings. The molecule has 0 aliphatic heterocycles. The molecule has 1 amide bonds. The molecule has 0 aliphatic carbocycles. The molecule has 1 aromatic carbocycles. The Hall–Kier alpha value is -1.92. The van der Waals surface area contributed by atoms with Crippen LogP contribution < -0.4 is 10.1 Å². The molecule has 1 atom stereocenters. The Morgan fingerprint density at radius 1 is 1.32 bits per heavy atom. The van der Waals surface area contributed by atoms with Gasteiger partial charge in [-0.1, -0.05) is 32.0 Å². The zero-order chi connectivity index (χ0) is 18.6. The molecule has 136 valence electrons. The highest BCUT2D eigenvalue weighted by molar-refractivity contribution is 7.13. The summed E-state index contributed by atoms with van der Waals surface area (Å²) in [7, 11) is 5.66. The number of hydrogen-bond donors (Lipinski definition) is 1. The number of para-hydroxylation sites is 1. The van der Waals surface area contributed by atoms with Gasteiger partial charge in [-0.3, -0.25) is 4.79 Å². The third kappa shape index (κ3) is 4.58. The molecule has 1 unspecified atom stereocenters. The number of carbonyl (C=O) groups excluding carboxylic acids is 1. The van der Waals surface area contributed by atoms with Gasteiger partial charge < -0.3 is 15.0 Å². The minimum atomic E-state index is -0.0661. The minimum absolute atomic E-state index is 0.0258. The zero-order valence-corrected chi connectivity index (χ0v) is 16.6. The Labute approximate surface area is 154 Å². The fraction of sp³-hybridized carbons (Fsp3) is 0.474. The molecule has 0 spiro atoms. The summed E-state index contributed by atoms with van der Waals surface area (Å²) in [6.45, 7) is 6.56. The second-order valence-corrected chi connectivity index (χ2v) is 7.58. The molecular formula is C19H27N3O2S. The maximum atomic E-state index is 12.6. The van der Waals surface area contributed by atoms with Gasteiger partial charge in [0.25, 0.3) is 5.91 Å². The molecule has 0 aliphatic rings. The number of thiazole rings is 1. The maximum Gasteiger partial charge on any atom is 0.263 e. The summed E-state index contributed by atoms with van der Waals surface area (Å²) in [5.41, 5.74) is 1.85. The summed E-state index contributed by atoms with van der Waals surface area (Å²) in [5.74, 6) is 1.09. The highest BCUT2D eigenvalue weighted by atomic mass is 32.1. The van der Waals surface area contributed by atoms with Crippen molar-refractivity contribution in [2.75, 3.05) is 27.7 Å². The van der Waals surface area contributed by atoms with Gasteiger partial charge in [0.15, 0.2) is 0 Å². The lowest BCUT2D eigenvalue weighted by Crippen LogP contribution is -2.34. The number of ether oxygens (including phenoxy) is 1. The van der Waals surface area contributed by atoms with Crippen molar-refractivity contribution < 1.29 is 9.53 Å². The number of nitrogens with one attached hydrogen (secondary N) is 1. The van der Waals surface area contributed by atoms with E-state index in [1.54, 1.807) is 7.11 Å². The fourth-order valence-corrected chi connectivity index (χ4v) is 3.64. The molecule has 0 saturated carbocycles. The quantitative estimate of drug-likeness (QED) is 0.818. The van der Waals surface area contributed by atoms with Crippen LogP contribution in [-0.4, -0.2) is 43.5 Å². The van der Waals surface area contributed by atoms with Gasteiger partial charge in [-0.15, -0.1) is 11.3 Å². The van der Waals surface area contributed by atoms with E-state index in [1.165, 1.54) is 11.3 Å². The van der Waals surface area contributed by atoms with Crippen molar-refractivity contribution in [3.63, 3.8) is 0 Å². The molecule has 25 heavy (non-hydrogen) atoms. The Morgan fingerprint density at radius 2 is 2.00 bits per heavy atom. The number of aryl methyl sites for hydroxylation is 1. The first-order valence-electron chi connectivity index (χ1n) is 8.40. The van der Waals surface area contributed by atoms with Crippen LogP contribution in [0.1, 0.15) is 51.7 Å². The van der Waals surface area contributed by atoms with Crippen molar-refractivity contribution in [1.82, 2.24) is 15.2 Å². The molecule has 2 aromatic rings. The third-order valence-electron chi connectivity index (χ3n) is 4.09. The van der Waals surface area contributed by atoms with Gasteiger partial charge in [-0.25, -0.2) is 4.98 Å². The molecule has 6 heteroatoms. The average Bonchev–Trinajstić information content (AvgIpc) is 2.97. The highest BCUT2D eigenvalue weighted by Crippen LogP contribution is 2.28. The summed E-state index contributed by atoms with van der Waals surface area (Å²) < 4.78 is 5.47. The number of aromatic nitrogens is 1. The van der Waals surface area contributed by atoms with Gasteiger partial charge in [0, 0.05) is 18.0 Å². The van der Waals surface area contributed by atoms with Crippen molar-refractivity contribution in [2.24, 2.45) is 0 Å². The topological polar surface area (TPSA) is 54.5 Å². The van der Waals surface area contributed by atoms with E-state index in [-0.39, 0.29) is 11.9 Å². The van der Waals surface area contributed by atoms with E-state index in [0.717, 1.165) is 22.0 Å². The second kappa shape index (κ2) is 8.45. The molecular weight excluding hydrogens is 334 g/mol. The fourth-order valence-electron chi connectivity index (χ4n) is 2.66. The Bertz CT molecular complexity index is 725. The zero-order valence-electron chi connectivity index (χ0n) is 15.8. The summed E-state index contributed by atoms with van der Waals surface area (Å²) in [5, 5.41) is 4.05. The van der Waals surface area contributed by atoms with Crippen LogP contribution in [0.4, 0.5) is 0 Å². The van der Waals surface area contributed by atoms with Crippen molar-refractivity contribution in [3.8, 4) is 5.75 Å².